The molecule has 3 aromatic rings. The zero-order valence-electron chi connectivity index (χ0n) is 16.3. The van der Waals surface area contributed by atoms with Gasteiger partial charge in [-0.25, -0.2) is 8.42 Å². The highest BCUT2D eigenvalue weighted by atomic mass is 32.2. The zero-order valence-corrected chi connectivity index (χ0v) is 17.1. The van der Waals surface area contributed by atoms with Crippen LogP contribution in [0, 0.1) is 0 Å². The van der Waals surface area contributed by atoms with Gasteiger partial charge in [0.2, 0.25) is 15.9 Å². The van der Waals surface area contributed by atoms with E-state index in [1.165, 1.54) is 10.4 Å². The molecule has 1 saturated heterocycles. The number of carbonyl (C=O) groups is 1. The van der Waals surface area contributed by atoms with E-state index in [-0.39, 0.29) is 10.8 Å². The number of ether oxygens (including phenoxy) is 1. The SMILES string of the molecule is O=C(/C=C\c1ccc(S(=O)(=O)N2CCOCC2)cc1)Nc1cccc2ccccc12. The van der Waals surface area contributed by atoms with Gasteiger partial charge in [0.25, 0.3) is 0 Å². The molecule has 0 radical (unpaired) electrons. The lowest BCUT2D eigenvalue weighted by atomic mass is 10.1. The van der Waals surface area contributed by atoms with Crippen molar-refractivity contribution in [2.45, 2.75) is 4.90 Å². The number of amides is 1. The topological polar surface area (TPSA) is 75.7 Å². The van der Waals surface area contributed by atoms with Crippen molar-refractivity contribution in [3.05, 3.63) is 78.4 Å². The molecular formula is C23H22N2O4S. The largest absolute Gasteiger partial charge is 0.379 e. The summed E-state index contributed by atoms with van der Waals surface area (Å²) in [4.78, 5) is 12.6. The molecule has 1 N–H and O–H groups in total. The number of nitrogens with one attached hydrogen (secondary N) is 1. The number of sulfonamides is 1. The quantitative estimate of drug-likeness (QED) is 0.639. The molecule has 4 rings (SSSR count). The molecule has 0 spiro atoms. The molecule has 154 valence electrons. The number of fused-ring (bicyclic) bond motifs is 1. The maximum absolute atomic E-state index is 12.7. The molecule has 1 aliphatic heterocycles. The van der Waals surface area contributed by atoms with E-state index < -0.39 is 10.0 Å². The summed E-state index contributed by atoms with van der Waals surface area (Å²) in [6, 6.07) is 20.1. The van der Waals surface area contributed by atoms with Gasteiger partial charge < -0.3 is 10.1 Å². The molecule has 0 atom stereocenters. The van der Waals surface area contributed by atoms with E-state index in [0.717, 1.165) is 22.0 Å². The predicted molar refractivity (Wildman–Crippen MR) is 118 cm³/mol. The number of anilines is 1. The van der Waals surface area contributed by atoms with Crippen molar-refractivity contribution in [3.63, 3.8) is 0 Å². The van der Waals surface area contributed by atoms with Crippen molar-refractivity contribution < 1.29 is 17.9 Å². The van der Waals surface area contributed by atoms with E-state index in [1.54, 1.807) is 30.3 Å². The van der Waals surface area contributed by atoms with Crippen LogP contribution in [0.15, 0.2) is 77.7 Å². The van der Waals surface area contributed by atoms with Gasteiger partial charge >= 0.3 is 0 Å². The van der Waals surface area contributed by atoms with Gasteiger partial charge in [-0.05, 0) is 35.2 Å². The third kappa shape index (κ3) is 4.43. The highest BCUT2D eigenvalue weighted by Crippen LogP contribution is 2.23. The second kappa shape index (κ2) is 8.79. The smallest absolute Gasteiger partial charge is 0.248 e. The Morgan fingerprint density at radius 2 is 1.63 bits per heavy atom. The molecule has 7 heteroatoms. The highest BCUT2D eigenvalue weighted by Gasteiger charge is 2.25. The molecule has 30 heavy (non-hydrogen) atoms. The van der Waals surface area contributed by atoms with Crippen LogP contribution in [0.1, 0.15) is 5.56 Å². The molecule has 0 unspecified atom stereocenters. The first kappa shape index (κ1) is 20.3. The van der Waals surface area contributed by atoms with Crippen molar-refractivity contribution in [2.75, 3.05) is 31.6 Å². The molecule has 1 heterocycles. The van der Waals surface area contributed by atoms with Gasteiger partial charge in [0.05, 0.1) is 18.1 Å². The summed E-state index contributed by atoms with van der Waals surface area (Å²) in [6.45, 7) is 1.54. The van der Waals surface area contributed by atoms with Gasteiger partial charge in [-0.15, -0.1) is 0 Å². The Balaban J connectivity index is 1.44. The molecule has 1 amide bonds. The van der Waals surface area contributed by atoms with Gasteiger partial charge in [0.1, 0.15) is 0 Å². The number of rotatable bonds is 5. The first-order valence-electron chi connectivity index (χ1n) is 9.69. The lowest BCUT2D eigenvalue weighted by Crippen LogP contribution is -2.40. The van der Waals surface area contributed by atoms with Crippen LogP contribution < -0.4 is 5.32 Å². The zero-order chi connectivity index (χ0) is 21.0. The van der Waals surface area contributed by atoms with Crippen molar-refractivity contribution in [1.82, 2.24) is 4.31 Å². The summed E-state index contributed by atoms with van der Waals surface area (Å²) in [5.41, 5.74) is 1.48. The van der Waals surface area contributed by atoms with Crippen LogP contribution in [0.5, 0.6) is 0 Å². The monoisotopic (exact) mass is 422 g/mol. The molecule has 6 nitrogen and oxygen atoms in total. The maximum Gasteiger partial charge on any atom is 0.248 e. The van der Waals surface area contributed by atoms with Crippen LogP contribution in [0.4, 0.5) is 5.69 Å². The molecule has 1 fully saturated rings. The number of hydrogen-bond acceptors (Lipinski definition) is 4. The minimum absolute atomic E-state index is 0.238. The standard InChI is InChI=1S/C23H22N2O4S/c26-23(24-22-7-3-5-19-4-1-2-6-21(19)22)13-10-18-8-11-20(12-9-18)30(27,28)25-14-16-29-17-15-25/h1-13H,14-17H2,(H,24,26)/b13-10-. The third-order valence-electron chi connectivity index (χ3n) is 4.96. The highest BCUT2D eigenvalue weighted by molar-refractivity contribution is 7.89. The van der Waals surface area contributed by atoms with Crippen molar-refractivity contribution in [2.24, 2.45) is 0 Å². The van der Waals surface area contributed by atoms with E-state index in [9.17, 15) is 13.2 Å². The van der Waals surface area contributed by atoms with Crippen LogP contribution >= 0.6 is 0 Å². The van der Waals surface area contributed by atoms with E-state index in [2.05, 4.69) is 5.32 Å². The normalized spacial score (nSPS) is 15.5. The fourth-order valence-corrected chi connectivity index (χ4v) is 4.78. The number of carbonyl (C=O) groups excluding carboxylic acids is 1. The van der Waals surface area contributed by atoms with Crippen molar-refractivity contribution in [3.8, 4) is 0 Å². The van der Waals surface area contributed by atoms with Crippen LogP contribution in [0.2, 0.25) is 0 Å². The Morgan fingerprint density at radius 3 is 2.40 bits per heavy atom. The van der Waals surface area contributed by atoms with Crippen LogP contribution in [0.25, 0.3) is 16.8 Å². The van der Waals surface area contributed by atoms with Gasteiger partial charge in [0, 0.05) is 30.2 Å². The van der Waals surface area contributed by atoms with Crippen LogP contribution in [0.3, 0.4) is 0 Å². The molecule has 0 aliphatic carbocycles. The Kier molecular flexibility index (Phi) is 5.94. The summed E-state index contributed by atoms with van der Waals surface area (Å²) in [5, 5.41) is 4.92. The first-order valence-corrected chi connectivity index (χ1v) is 11.1. The van der Waals surface area contributed by atoms with Gasteiger partial charge in [0.15, 0.2) is 0 Å². The van der Waals surface area contributed by atoms with Gasteiger partial charge in [-0.1, -0.05) is 48.5 Å². The van der Waals surface area contributed by atoms with E-state index in [4.69, 9.17) is 4.74 Å². The summed E-state index contributed by atoms with van der Waals surface area (Å²) in [5.74, 6) is -0.253. The van der Waals surface area contributed by atoms with E-state index in [0.29, 0.717) is 26.3 Å². The number of hydrogen-bond donors (Lipinski definition) is 1. The lowest BCUT2D eigenvalue weighted by molar-refractivity contribution is -0.111. The molecule has 0 saturated carbocycles. The summed E-state index contributed by atoms with van der Waals surface area (Å²) >= 11 is 0. The summed E-state index contributed by atoms with van der Waals surface area (Å²) in [6.07, 6.45) is 3.10. The average Bonchev–Trinajstić information content (AvgIpc) is 2.79. The molecule has 0 aromatic heterocycles. The van der Waals surface area contributed by atoms with E-state index in [1.807, 2.05) is 42.5 Å². The second-order valence-corrected chi connectivity index (χ2v) is 8.87. The molecule has 3 aromatic carbocycles. The number of morpholine rings is 1. The Labute approximate surface area is 175 Å². The summed E-state index contributed by atoms with van der Waals surface area (Å²) < 4.78 is 32.0. The van der Waals surface area contributed by atoms with Crippen LogP contribution in [-0.2, 0) is 19.6 Å². The minimum atomic E-state index is -3.52. The van der Waals surface area contributed by atoms with Crippen molar-refractivity contribution in [1.29, 1.82) is 0 Å². The van der Waals surface area contributed by atoms with Gasteiger partial charge in [-0.2, -0.15) is 4.31 Å². The Hall–Kier alpha value is -3.00. The summed E-state index contributed by atoms with van der Waals surface area (Å²) in [7, 11) is -3.52. The minimum Gasteiger partial charge on any atom is -0.379 e. The predicted octanol–water partition coefficient (Wildman–Crippen LogP) is 3.51. The number of benzene rings is 3. The van der Waals surface area contributed by atoms with Gasteiger partial charge in [-0.3, -0.25) is 4.79 Å². The average molecular weight is 423 g/mol. The van der Waals surface area contributed by atoms with Crippen LogP contribution in [-0.4, -0.2) is 44.9 Å². The number of nitrogens with zero attached hydrogens (tertiary/aromatic N) is 1. The molecular weight excluding hydrogens is 400 g/mol. The molecule has 1 aliphatic rings. The Morgan fingerprint density at radius 1 is 0.933 bits per heavy atom. The second-order valence-electron chi connectivity index (χ2n) is 6.93. The Bertz CT molecular complexity index is 1180. The van der Waals surface area contributed by atoms with E-state index >= 15 is 0 Å². The third-order valence-corrected chi connectivity index (χ3v) is 6.88. The lowest BCUT2D eigenvalue weighted by Gasteiger charge is -2.26. The fourth-order valence-electron chi connectivity index (χ4n) is 3.37. The fraction of sp³-hybridized carbons (Fsp3) is 0.174. The molecule has 0 bridgehead atoms. The maximum atomic E-state index is 12.7. The first-order chi connectivity index (χ1) is 14.5. The van der Waals surface area contributed by atoms with Crippen molar-refractivity contribution >= 4 is 38.5 Å².